The first-order valence-corrected chi connectivity index (χ1v) is 8.39. The van der Waals surface area contributed by atoms with Crippen molar-refractivity contribution in [3.8, 4) is 0 Å². The van der Waals surface area contributed by atoms with E-state index < -0.39 is 11.6 Å². The first-order chi connectivity index (χ1) is 11.1. The summed E-state index contributed by atoms with van der Waals surface area (Å²) in [6, 6.07) is 0.0324. The van der Waals surface area contributed by atoms with Gasteiger partial charge in [-0.15, -0.1) is 0 Å². The number of aromatic nitrogens is 2. The van der Waals surface area contributed by atoms with E-state index in [9.17, 15) is 9.59 Å². The van der Waals surface area contributed by atoms with Gasteiger partial charge in [0.25, 0.3) is 0 Å². The van der Waals surface area contributed by atoms with Gasteiger partial charge in [0, 0.05) is 24.6 Å². The van der Waals surface area contributed by atoms with E-state index in [1.807, 2.05) is 34.6 Å². The van der Waals surface area contributed by atoms with Crippen molar-refractivity contribution < 1.29 is 19.1 Å². The molecule has 1 aromatic rings. The molecule has 0 aliphatic carbocycles. The molecule has 0 saturated carbocycles. The molecule has 0 spiro atoms. The summed E-state index contributed by atoms with van der Waals surface area (Å²) in [6.45, 7) is 12.3. The van der Waals surface area contributed by atoms with E-state index in [0.717, 1.165) is 11.3 Å². The van der Waals surface area contributed by atoms with Gasteiger partial charge in [-0.25, -0.2) is 9.59 Å². The largest absolute Gasteiger partial charge is 0.461 e. The molecule has 0 unspecified atom stereocenters. The maximum absolute atomic E-state index is 12.4. The van der Waals surface area contributed by atoms with E-state index in [4.69, 9.17) is 9.47 Å². The molecule has 2 heterocycles. The molecule has 0 saturated heterocycles. The average molecular weight is 337 g/mol. The van der Waals surface area contributed by atoms with Gasteiger partial charge >= 0.3 is 12.1 Å². The molecule has 1 aliphatic heterocycles. The number of ether oxygens (including phenoxy) is 2. The minimum Gasteiger partial charge on any atom is -0.461 e. The summed E-state index contributed by atoms with van der Waals surface area (Å²) in [5.41, 5.74) is 1.50. The topological polar surface area (TPSA) is 73.7 Å². The molecule has 0 radical (unpaired) electrons. The first-order valence-electron chi connectivity index (χ1n) is 8.39. The van der Waals surface area contributed by atoms with Gasteiger partial charge in [0.2, 0.25) is 0 Å². The summed E-state index contributed by atoms with van der Waals surface area (Å²) >= 11 is 0. The second-order valence-corrected chi connectivity index (χ2v) is 7.18. The number of carbonyl (C=O) groups excluding carboxylic acids is 2. The number of amides is 1. The van der Waals surface area contributed by atoms with Crippen LogP contribution in [0, 0.1) is 0 Å². The van der Waals surface area contributed by atoms with Crippen LogP contribution in [0.15, 0.2) is 0 Å². The number of esters is 1. The van der Waals surface area contributed by atoms with Crippen LogP contribution in [0.1, 0.15) is 69.3 Å². The standard InChI is InChI=1S/C17H27N3O4/c1-7-23-15(21)14-12-10-19(16(22)24-17(4,5)6)9-8-13(12)18-20(14)11(2)3/h11H,7-10H2,1-6H3. The van der Waals surface area contributed by atoms with Crippen LogP contribution >= 0.6 is 0 Å². The molecule has 1 amide bonds. The fraction of sp³-hybridized carbons (Fsp3) is 0.706. The summed E-state index contributed by atoms with van der Waals surface area (Å²) in [5.74, 6) is -0.397. The molecule has 0 aromatic carbocycles. The molecule has 0 atom stereocenters. The van der Waals surface area contributed by atoms with Gasteiger partial charge in [0.15, 0.2) is 5.69 Å². The van der Waals surface area contributed by atoms with Gasteiger partial charge < -0.3 is 14.4 Å². The van der Waals surface area contributed by atoms with Crippen LogP contribution in [-0.2, 0) is 22.4 Å². The molecule has 7 nitrogen and oxygen atoms in total. The van der Waals surface area contributed by atoms with Crippen LogP contribution in [0.2, 0.25) is 0 Å². The van der Waals surface area contributed by atoms with E-state index in [1.54, 1.807) is 16.5 Å². The molecular weight excluding hydrogens is 310 g/mol. The van der Waals surface area contributed by atoms with Gasteiger partial charge in [-0.1, -0.05) is 0 Å². The lowest BCUT2D eigenvalue weighted by molar-refractivity contribution is 0.0220. The van der Waals surface area contributed by atoms with Crippen LogP contribution in [0.25, 0.3) is 0 Å². The van der Waals surface area contributed by atoms with Crippen LogP contribution in [0.5, 0.6) is 0 Å². The lowest BCUT2D eigenvalue weighted by Crippen LogP contribution is -2.40. The van der Waals surface area contributed by atoms with Gasteiger partial charge in [-0.3, -0.25) is 4.68 Å². The smallest absolute Gasteiger partial charge is 0.410 e. The molecule has 2 rings (SSSR count). The fourth-order valence-electron chi connectivity index (χ4n) is 2.67. The number of fused-ring (bicyclic) bond motifs is 1. The monoisotopic (exact) mass is 337 g/mol. The van der Waals surface area contributed by atoms with Crippen LogP contribution in [0.3, 0.4) is 0 Å². The van der Waals surface area contributed by atoms with E-state index in [1.165, 1.54) is 0 Å². The highest BCUT2D eigenvalue weighted by atomic mass is 16.6. The van der Waals surface area contributed by atoms with Crippen molar-refractivity contribution in [1.82, 2.24) is 14.7 Å². The predicted molar refractivity (Wildman–Crippen MR) is 88.9 cm³/mol. The maximum atomic E-state index is 12.4. The summed E-state index contributed by atoms with van der Waals surface area (Å²) in [5, 5.41) is 4.56. The van der Waals surface area contributed by atoms with E-state index >= 15 is 0 Å². The van der Waals surface area contributed by atoms with E-state index in [-0.39, 0.29) is 12.1 Å². The third-order valence-electron chi connectivity index (χ3n) is 3.67. The lowest BCUT2D eigenvalue weighted by atomic mass is 10.1. The quantitative estimate of drug-likeness (QED) is 0.793. The van der Waals surface area contributed by atoms with Crippen molar-refractivity contribution in [2.45, 2.75) is 66.2 Å². The highest BCUT2D eigenvalue weighted by Crippen LogP contribution is 2.26. The van der Waals surface area contributed by atoms with Crippen molar-refractivity contribution >= 4 is 12.1 Å². The number of nitrogens with zero attached hydrogens (tertiary/aromatic N) is 3. The van der Waals surface area contributed by atoms with Crippen molar-refractivity contribution in [3.63, 3.8) is 0 Å². The Kier molecular flexibility index (Phi) is 5.20. The molecule has 0 N–H and O–H groups in total. The Labute approximate surface area is 142 Å². The van der Waals surface area contributed by atoms with Crippen LogP contribution < -0.4 is 0 Å². The summed E-state index contributed by atoms with van der Waals surface area (Å²) in [6.07, 6.45) is 0.223. The Bertz CT molecular complexity index is 629. The Morgan fingerprint density at radius 3 is 2.50 bits per heavy atom. The molecule has 0 fully saturated rings. The average Bonchev–Trinajstić information content (AvgIpc) is 2.84. The zero-order valence-electron chi connectivity index (χ0n) is 15.4. The Morgan fingerprint density at radius 2 is 1.96 bits per heavy atom. The summed E-state index contributed by atoms with van der Waals surface area (Å²) in [4.78, 5) is 26.3. The molecule has 7 heteroatoms. The second kappa shape index (κ2) is 6.83. The summed E-state index contributed by atoms with van der Waals surface area (Å²) in [7, 11) is 0. The maximum Gasteiger partial charge on any atom is 0.410 e. The predicted octanol–water partition coefficient (Wildman–Crippen LogP) is 2.93. The number of hydrogen-bond donors (Lipinski definition) is 0. The normalized spacial score (nSPS) is 14.5. The fourth-order valence-corrected chi connectivity index (χ4v) is 2.67. The Balaban J connectivity index is 2.32. The molecule has 1 aromatic heterocycles. The molecular formula is C17H27N3O4. The highest BCUT2D eigenvalue weighted by Gasteiger charge is 2.33. The number of rotatable bonds is 3. The van der Waals surface area contributed by atoms with Crippen molar-refractivity contribution in [2.75, 3.05) is 13.2 Å². The third-order valence-corrected chi connectivity index (χ3v) is 3.67. The van der Waals surface area contributed by atoms with Gasteiger partial charge in [-0.2, -0.15) is 5.10 Å². The number of hydrogen-bond acceptors (Lipinski definition) is 5. The van der Waals surface area contributed by atoms with Crippen molar-refractivity contribution in [3.05, 3.63) is 17.0 Å². The van der Waals surface area contributed by atoms with E-state index in [0.29, 0.717) is 31.8 Å². The summed E-state index contributed by atoms with van der Waals surface area (Å²) < 4.78 is 12.3. The molecule has 0 bridgehead atoms. The Morgan fingerprint density at radius 1 is 1.29 bits per heavy atom. The molecule has 24 heavy (non-hydrogen) atoms. The van der Waals surface area contributed by atoms with Gasteiger partial charge in [0.1, 0.15) is 5.60 Å². The first kappa shape index (κ1) is 18.3. The van der Waals surface area contributed by atoms with E-state index in [2.05, 4.69) is 5.10 Å². The minimum absolute atomic E-state index is 0.0324. The second-order valence-electron chi connectivity index (χ2n) is 7.18. The minimum atomic E-state index is -0.552. The third kappa shape index (κ3) is 3.88. The Hall–Kier alpha value is -2.05. The van der Waals surface area contributed by atoms with Crippen LogP contribution in [0.4, 0.5) is 4.79 Å². The van der Waals surface area contributed by atoms with Gasteiger partial charge in [0.05, 0.1) is 18.8 Å². The van der Waals surface area contributed by atoms with Crippen molar-refractivity contribution in [1.29, 1.82) is 0 Å². The zero-order valence-corrected chi connectivity index (χ0v) is 15.4. The van der Waals surface area contributed by atoms with Crippen molar-refractivity contribution in [2.24, 2.45) is 0 Å². The number of carbonyl (C=O) groups is 2. The SMILES string of the molecule is CCOC(=O)c1c2c(nn1C(C)C)CCN(C(=O)OC(C)(C)C)C2. The lowest BCUT2D eigenvalue weighted by Gasteiger charge is -2.29. The van der Waals surface area contributed by atoms with Crippen LogP contribution in [-0.4, -0.2) is 45.5 Å². The molecule has 1 aliphatic rings. The molecule has 134 valence electrons. The highest BCUT2D eigenvalue weighted by molar-refractivity contribution is 5.90. The van der Waals surface area contributed by atoms with Gasteiger partial charge in [-0.05, 0) is 41.5 Å². The zero-order chi connectivity index (χ0) is 18.1.